The molecule has 148 valence electrons. The summed E-state index contributed by atoms with van der Waals surface area (Å²) in [7, 11) is 4.25. The first kappa shape index (κ1) is 19.5. The lowest BCUT2D eigenvalue weighted by atomic mass is 9.98. The van der Waals surface area contributed by atoms with Gasteiger partial charge in [-0.05, 0) is 94.6 Å². The van der Waals surface area contributed by atoms with Crippen molar-refractivity contribution in [3.05, 3.63) is 50.8 Å². The highest BCUT2D eigenvalue weighted by molar-refractivity contribution is 9.10. The van der Waals surface area contributed by atoms with Crippen molar-refractivity contribution < 1.29 is 4.79 Å². The summed E-state index contributed by atoms with van der Waals surface area (Å²) in [5.41, 5.74) is 8.06. The van der Waals surface area contributed by atoms with Crippen LogP contribution in [0, 0.1) is 0 Å². The van der Waals surface area contributed by atoms with Gasteiger partial charge in [0.1, 0.15) is 0 Å². The molecular formula is C23H28BrN3O. The van der Waals surface area contributed by atoms with Gasteiger partial charge in [-0.25, -0.2) is 0 Å². The van der Waals surface area contributed by atoms with Gasteiger partial charge in [-0.3, -0.25) is 4.79 Å². The van der Waals surface area contributed by atoms with Crippen LogP contribution < -0.4 is 5.32 Å². The number of hydrogen-bond donors (Lipinski definition) is 2. The number of carbonyl (C=O) groups excluding carboxylic acids is 1. The molecule has 4 rings (SSSR count). The molecule has 5 heteroatoms. The zero-order valence-electron chi connectivity index (χ0n) is 16.7. The lowest BCUT2D eigenvalue weighted by molar-refractivity contribution is -0.110. The van der Waals surface area contributed by atoms with Crippen LogP contribution in [0.5, 0.6) is 0 Å². The van der Waals surface area contributed by atoms with Crippen LogP contribution >= 0.6 is 15.9 Å². The summed E-state index contributed by atoms with van der Waals surface area (Å²) >= 11 is 3.54. The maximum absolute atomic E-state index is 12.6. The van der Waals surface area contributed by atoms with E-state index in [1.165, 1.54) is 36.1 Å². The number of aryl methyl sites for hydroxylation is 1. The molecule has 4 nitrogen and oxygen atoms in total. The van der Waals surface area contributed by atoms with Crippen molar-refractivity contribution in [1.82, 2.24) is 9.88 Å². The number of benzene rings is 1. The highest BCUT2D eigenvalue weighted by Crippen LogP contribution is 2.36. The average molecular weight is 442 g/mol. The normalized spacial score (nSPS) is 17.6. The summed E-state index contributed by atoms with van der Waals surface area (Å²) in [6.07, 6.45) is 10.3. The van der Waals surface area contributed by atoms with E-state index in [9.17, 15) is 4.79 Å². The van der Waals surface area contributed by atoms with Crippen molar-refractivity contribution >= 4 is 39.2 Å². The summed E-state index contributed by atoms with van der Waals surface area (Å²) in [4.78, 5) is 18.6. The van der Waals surface area contributed by atoms with E-state index in [1.807, 2.05) is 18.2 Å². The van der Waals surface area contributed by atoms with Gasteiger partial charge in [0.25, 0.3) is 5.91 Å². The predicted molar refractivity (Wildman–Crippen MR) is 120 cm³/mol. The smallest absolute Gasteiger partial charge is 0.256 e. The van der Waals surface area contributed by atoms with Crippen LogP contribution in [0.1, 0.15) is 53.8 Å². The topological polar surface area (TPSA) is 48.1 Å². The number of halogens is 1. The van der Waals surface area contributed by atoms with Crippen molar-refractivity contribution in [2.75, 3.05) is 26.0 Å². The molecule has 0 unspecified atom stereocenters. The summed E-state index contributed by atoms with van der Waals surface area (Å²) in [6, 6.07) is 5.95. The number of aromatic nitrogens is 1. The second-order valence-electron chi connectivity index (χ2n) is 8.14. The second-order valence-corrected chi connectivity index (χ2v) is 9.06. The van der Waals surface area contributed by atoms with Crippen molar-refractivity contribution in [3.8, 4) is 0 Å². The Morgan fingerprint density at radius 3 is 2.82 bits per heavy atom. The minimum absolute atomic E-state index is 0.0165. The van der Waals surface area contributed by atoms with E-state index in [4.69, 9.17) is 0 Å². The summed E-state index contributed by atoms with van der Waals surface area (Å²) in [5, 5.41) is 3.00. The molecule has 1 aromatic carbocycles. The van der Waals surface area contributed by atoms with E-state index < -0.39 is 0 Å². The highest BCUT2D eigenvalue weighted by Gasteiger charge is 2.26. The molecule has 0 radical (unpaired) electrons. The zero-order valence-corrected chi connectivity index (χ0v) is 18.3. The standard InChI is InChI=1S/C23H28BrN3O/c1-27(2)12-6-8-17-16-7-4-3-5-9-20(16)25-22(17)14-19-18-13-15(24)10-11-21(18)26-23(19)28/h10-11,13-14,25H,3-9,12H2,1-2H3,(H,26,28). The van der Waals surface area contributed by atoms with Gasteiger partial charge < -0.3 is 15.2 Å². The molecule has 1 aromatic heterocycles. The van der Waals surface area contributed by atoms with Crippen LogP contribution in [0.3, 0.4) is 0 Å². The molecule has 0 spiro atoms. The summed E-state index contributed by atoms with van der Waals surface area (Å²) in [6.45, 7) is 1.08. The van der Waals surface area contributed by atoms with Crippen LogP contribution in [0.2, 0.25) is 0 Å². The second kappa shape index (κ2) is 8.26. The maximum atomic E-state index is 12.6. The molecule has 0 fully saturated rings. The van der Waals surface area contributed by atoms with Crippen molar-refractivity contribution in [2.24, 2.45) is 0 Å². The van der Waals surface area contributed by atoms with E-state index in [0.29, 0.717) is 0 Å². The zero-order chi connectivity index (χ0) is 19.7. The van der Waals surface area contributed by atoms with Gasteiger partial charge in [-0.1, -0.05) is 22.4 Å². The molecular weight excluding hydrogens is 414 g/mol. The molecule has 2 aromatic rings. The molecule has 2 heterocycles. The Labute approximate surface area is 175 Å². The molecule has 2 aliphatic rings. The van der Waals surface area contributed by atoms with Crippen LogP contribution in [-0.2, 0) is 24.1 Å². The monoisotopic (exact) mass is 441 g/mol. The van der Waals surface area contributed by atoms with Gasteiger partial charge in [0.2, 0.25) is 0 Å². The number of rotatable bonds is 5. The number of fused-ring (bicyclic) bond motifs is 2. The number of anilines is 1. The number of hydrogen-bond acceptors (Lipinski definition) is 2. The number of carbonyl (C=O) groups is 1. The van der Waals surface area contributed by atoms with Crippen molar-refractivity contribution in [2.45, 2.75) is 44.9 Å². The number of aromatic amines is 1. The fraction of sp³-hybridized carbons (Fsp3) is 0.435. The third-order valence-electron chi connectivity index (χ3n) is 5.78. The van der Waals surface area contributed by atoms with Gasteiger partial charge >= 0.3 is 0 Å². The molecule has 0 atom stereocenters. The molecule has 1 amide bonds. The van der Waals surface area contributed by atoms with Gasteiger partial charge in [0, 0.05) is 27.1 Å². The van der Waals surface area contributed by atoms with Crippen LogP contribution in [-0.4, -0.2) is 36.4 Å². The first-order valence-electron chi connectivity index (χ1n) is 10.2. The minimum Gasteiger partial charge on any atom is -0.358 e. The average Bonchev–Trinajstić information content (AvgIpc) is 3.01. The number of nitrogens with one attached hydrogen (secondary N) is 2. The third-order valence-corrected chi connectivity index (χ3v) is 6.27. The third kappa shape index (κ3) is 3.96. The van der Waals surface area contributed by atoms with E-state index >= 15 is 0 Å². The molecule has 1 aliphatic heterocycles. The Bertz CT molecular complexity index is 926. The lowest BCUT2D eigenvalue weighted by Gasteiger charge is -2.11. The van der Waals surface area contributed by atoms with Crippen molar-refractivity contribution in [1.29, 1.82) is 0 Å². The van der Waals surface area contributed by atoms with Crippen molar-refractivity contribution in [3.63, 3.8) is 0 Å². The first-order chi connectivity index (χ1) is 13.5. The Balaban J connectivity index is 1.74. The van der Waals surface area contributed by atoms with Gasteiger partial charge in [-0.15, -0.1) is 0 Å². The fourth-order valence-electron chi connectivity index (χ4n) is 4.38. The van der Waals surface area contributed by atoms with Crippen LogP contribution in [0.25, 0.3) is 11.6 Å². The Morgan fingerprint density at radius 2 is 2.00 bits per heavy atom. The summed E-state index contributed by atoms with van der Waals surface area (Å²) < 4.78 is 0.988. The molecule has 28 heavy (non-hydrogen) atoms. The molecule has 1 aliphatic carbocycles. The Morgan fingerprint density at radius 1 is 1.18 bits per heavy atom. The summed E-state index contributed by atoms with van der Waals surface area (Å²) in [5.74, 6) is -0.0165. The number of H-pyrrole nitrogens is 1. The molecule has 0 bridgehead atoms. The Hall–Kier alpha value is -1.85. The largest absolute Gasteiger partial charge is 0.358 e. The van der Waals surface area contributed by atoms with Gasteiger partial charge in [-0.2, -0.15) is 0 Å². The molecule has 0 saturated carbocycles. The van der Waals surface area contributed by atoms with Crippen LogP contribution in [0.15, 0.2) is 22.7 Å². The predicted octanol–water partition coefficient (Wildman–Crippen LogP) is 5.03. The number of nitrogens with zero attached hydrogens (tertiary/aromatic N) is 1. The lowest BCUT2D eigenvalue weighted by Crippen LogP contribution is -2.13. The fourth-order valence-corrected chi connectivity index (χ4v) is 4.74. The highest BCUT2D eigenvalue weighted by atomic mass is 79.9. The first-order valence-corrected chi connectivity index (χ1v) is 11.0. The van der Waals surface area contributed by atoms with E-state index in [1.54, 1.807) is 0 Å². The van der Waals surface area contributed by atoms with Crippen LogP contribution in [0.4, 0.5) is 5.69 Å². The SMILES string of the molecule is CN(C)CCCc1c(C=C2C(=O)Nc3ccc(Br)cc32)[nH]c2c1CCCCC2. The van der Waals surface area contributed by atoms with E-state index in [2.05, 4.69) is 51.3 Å². The van der Waals surface area contributed by atoms with E-state index in [0.717, 1.165) is 59.2 Å². The number of amides is 1. The maximum Gasteiger partial charge on any atom is 0.256 e. The minimum atomic E-state index is -0.0165. The quantitative estimate of drug-likeness (QED) is 0.504. The molecule has 2 N–H and O–H groups in total. The van der Waals surface area contributed by atoms with Gasteiger partial charge in [0.05, 0.1) is 5.57 Å². The Kier molecular flexibility index (Phi) is 5.74. The molecule has 0 saturated heterocycles. The van der Waals surface area contributed by atoms with E-state index in [-0.39, 0.29) is 5.91 Å². The van der Waals surface area contributed by atoms with Gasteiger partial charge in [0.15, 0.2) is 0 Å².